The van der Waals surface area contributed by atoms with Gasteiger partial charge in [-0.1, -0.05) is 17.7 Å². The van der Waals surface area contributed by atoms with E-state index >= 15 is 0 Å². The maximum Gasteiger partial charge on any atom is 0.263 e. The molecule has 1 saturated carbocycles. The largest absolute Gasteiger partial charge is 0.359 e. The van der Waals surface area contributed by atoms with E-state index in [4.69, 9.17) is 11.6 Å². The van der Waals surface area contributed by atoms with Gasteiger partial charge in [0, 0.05) is 30.8 Å². The molecule has 0 bridgehead atoms. The van der Waals surface area contributed by atoms with E-state index in [1.807, 2.05) is 0 Å². The monoisotopic (exact) mass is 555 g/mol. The van der Waals surface area contributed by atoms with Crippen LogP contribution in [-0.2, 0) is 14.8 Å². The van der Waals surface area contributed by atoms with E-state index in [1.165, 1.54) is 6.33 Å². The molecular weight excluding hydrogens is 533 g/mol. The van der Waals surface area contributed by atoms with Gasteiger partial charge in [0.2, 0.25) is 5.91 Å². The molecule has 1 fully saturated rings. The summed E-state index contributed by atoms with van der Waals surface area (Å²) in [5.41, 5.74) is 2.13. The Morgan fingerprint density at radius 3 is 2.58 bits per heavy atom. The van der Waals surface area contributed by atoms with Crippen molar-refractivity contribution in [3.05, 3.63) is 81.9 Å². The summed E-state index contributed by atoms with van der Waals surface area (Å²) in [6, 6.07) is 9.71. The number of rotatable bonds is 6. The fourth-order valence-corrected chi connectivity index (χ4v) is 6.14. The lowest BCUT2D eigenvalue weighted by molar-refractivity contribution is -0.128. The number of benzene rings is 2. The number of sulfonamides is 1. The van der Waals surface area contributed by atoms with Crippen molar-refractivity contribution in [2.75, 3.05) is 11.8 Å². The van der Waals surface area contributed by atoms with Crippen LogP contribution in [0.2, 0.25) is 5.02 Å². The zero-order valence-corrected chi connectivity index (χ0v) is 22.0. The molecule has 2 aromatic heterocycles. The maximum atomic E-state index is 13.4. The summed E-state index contributed by atoms with van der Waals surface area (Å²) in [6.07, 6.45) is 4.22. The molecule has 2 aromatic carbocycles. The number of carbonyl (C=O) groups is 1. The lowest BCUT2D eigenvalue weighted by Gasteiger charge is -2.34. The molecule has 38 heavy (non-hydrogen) atoms. The van der Waals surface area contributed by atoms with Crippen LogP contribution in [0.25, 0.3) is 22.0 Å². The number of nitrogens with zero attached hydrogens (tertiary/aromatic N) is 3. The van der Waals surface area contributed by atoms with Gasteiger partial charge < -0.3 is 5.32 Å². The van der Waals surface area contributed by atoms with Gasteiger partial charge in [-0.05, 0) is 61.7 Å². The molecule has 196 valence electrons. The fourth-order valence-electron chi connectivity index (χ4n) is 4.50. The highest BCUT2D eigenvalue weighted by atomic mass is 35.5. The SMILES string of the molecule is CNC(=O)[C@H]1C[C@H](n2cnc3ccc(-c4cnc(C)c(NS(=O)(=O)c5ccc(F)cc5Cl)c4)cc3c2=O)C1. The number of hydrogen-bond donors (Lipinski definition) is 2. The number of nitrogens with one attached hydrogen (secondary N) is 2. The van der Waals surface area contributed by atoms with E-state index in [0.717, 1.165) is 18.2 Å². The number of pyridine rings is 1. The molecule has 4 aromatic rings. The fraction of sp³-hybridized carbons (Fsp3) is 0.231. The number of fused-ring (bicyclic) bond motifs is 1. The first-order chi connectivity index (χ1) is 18.1. The lowest BCUT2D eigenvalue weighted by atomic mass is 9.79. The first-order valence-corrected chi connectivity index (χ1v) is 13.6. The van der Waals surface area contributed by atoms with E-state index < -0.39 is 15.8 Å². The predicted octanol–water partition coefficient (Wildman–Crippen LogP) is 4.06. The Balaban J connectivity index is 1.47. The van der Waals surface area contributed by atoms with Gasteiger partial charge in [0.05, 0.1) is 33.6 Å². The second kappa shape index (κ2) is 9.80. The molecule has 5 rings (SSSR count). The molecule has 12 heteroatoms. The van der Waals surface area contributed by atoms with Gasteiger partial charge in [-0.25, -0.2) is 17.8 Å². The third-order valence-corrected chi connectivity index (χ3v) is 8.60. The Morgan fingerprint density at radius 1 is 1.11 bits per heavy atom. The standard InChI is InChI=1S/C26H23ClFN5O4S/c1-14-23(32-38(36,37)24-6-4-18(28)11-21(24)27)10-17(12-30-14)15-3-5-22-20(9-15)26(35)33(13-31-22)19-7-16(8-19)25(34)29-2/h3-6,9-13,16,19,32H,7-8H2,1-2H3,(H,29,34)/t16-,19-. The van der Waals surface area contributed by atoms with Crippen molar-refractivity contribution in [3.63, 3.8) is 0 Å². The van der Waals surface area contributed by atoms with Crippen LogP contribution in [0.5, 0.6) is 0 Å². The summed E-state index contributed by atoms with van der Waals surface area (Å²) in [4.78, 5) is 33.6. The molecule has 0 spiro atoms. The van der Waals surface area contributed by atoms with Crippen molar-refractivity contribution in [1.29, 1.82) is 0 Å². The summed E-state index contributed by atoms with van der Waals surface area (Å²) >= 11 is 5.97. The number of aryl methyl sites for hydroxylation is 1. The maximum absolute atomic E-state index is 13.4. The molecule has 1 aliphatic rings. The van der Waals surface area contributed by atoms with Crippen LogP contribution in [0.15, 0.2) is 64.7 Å². The summed E-state index contributed by atoms with van der Waals surface area (Å²) in [6.45, 7) is 1.64. The van der Waals surface area contributed by atoms with Gasteiger partial charge in [0.1, 0.15) is 10.7 Å². The topological polar surface area (TPSA) is 123 Å². The highest BCUT2D eigenvalue weighted by Gasteiger charge is 2.35. The normalized spacial score (nSPS) is 17.2. The van der Waals surface area contributed by atoms with Crippen molar-refractivity contribution >= 4 is 44.1 Å². The van der Waals surface area contributed by atoms with E-state index in [-0.39, 0.29) is 39.0 Å². The third-order valence-electron chi connectivity index (χ3n) is 6.75. The summed E-state index contributed by atoms with van der Waals surface area (Å²) in [5, 5.41) is 2.79. The van der Waals surface area contributed by atoms with Crippen LogP contribution in [0.4, 0.5) is 10.1 Å². The number of hydrogen-bond acceptors (Lipinski definition) is 6. The zero-order chi connectivity index (χ0) is 27.2. The Hall–Kier alpha value is -3.83. The van der Waals surface area contributed by atoms with Gasteiger partial charge in [0.15, 0.2) is 0 Å². The summed E-state index contributed by atoms with van der Waals surface area (Å²) in [7, 11) is -2.54. The highest BCUT2D eigenvalue weighted by Crippen LogP contribution is 2.37. The molecular formula is C26H23ClFN5O4S. The quantitative estimate of drug-likeness (QED) is 0.370. The number of halogens is 2. The van der Waals surface area contributed by atoms with Crippen molar-refractivity contribution < 1.29 is 17.6 Å². The van der Waals surface area contributed by atoms with Crippen LogP contribution < -0.4 is 15.6 Å². The summed E-state index contributed by atoms with van der Waals surface area (Å²) in [5.74, 6) is -0.808. The van der Waals surface area contributed by atoms with E-state index in [2.05, 4.69) is 20.0 Å². The smallest absolute Gasteiger partial charge is 0.263 e. The van der Waals surface area contributed by atoms with E-state index in [0.29, 0.717) is 40.6 Å². The van der Waals surface area contributed by atoms with Gasteiger partial charge in [-0.2, -0.15) is 0 Å². The number of aromatic nitrogens is 3. The molecule has 9 nitrogen and oxygen atoms in total. The molecule has 0 unspecified atom stereocenters. The zero-order valence-electron chi connectivity index (χ0n) is 20.4. The van der Waals surface area contributed by atoms with Gasteiger partial charge >= 0.3 is 0 Å². The average molecular weight is 556 g/mol. The second-order valence-corrected chi connectivity index (χ2v) is 11.2. The minimum atomic E-state index is -4.13. The Kier molecular flexibility index (Phi) is 6.66. The third kappa shape index (κ3) is 4.74. The van der Waals surface area contributed by atoms with Crippen LogP contribution in [0, 0.1) is 18.7 Å². The van der Waals surface area contributed by atoms with Gasteiger partial charge in [-0.15, -0.1) is 0 Å². The lowest BCUT2D eigenvalue weighted by Crippen LogP contribution is -2.41. The van der Waals surface area contributed by atoms with Crippen molar-refractivity contribution in [1.82, 2.24) is 19.9 Å². The molecule has 0 atom stereocenters. The molecule has 1 amide bonds. The number of amides is 1. The Morgan fingerprint density at radius 2 is 1.87 bits per heavy atom. The number of anilines is 1. The van der Waals surface area contributed by atoms with Crippen molar-refractivity contribution in [3.8, 4) is 11.1 Å². The minimum Gasteiger partial charge on any atom is -0.359 e. The highest BCUT2D eigenvalue weighted by molar-refractivity contribution is 7.92. The van der Waals surface area contributed by atoms with Crippen LogP contribution in [0.1, 0.15) is 24.6 Å². The minimum absolute atomic E-state index is 0.0367. The van der Waals surface area contributed by atoms with E-state index in [1.54, 1.807) is 49.0 Å². The predicted molar refractivity (Wildman–Crippen MR) is 142 cm³/mol. The van der Waals surface area contributed by atoms with Gasteiger partial charge in [0.25, 0.3) is 15.6 Å². The Bertz CT molecular complexity index is 1750. The molecule has 2 N–H and O–H groups in total. The van der Waals surface area contributed by atoms with Crippen LogP contribution in [-0.4, -0.2) is 35.9 Å². The number of carbonyl (C=O) groups excluding carboxylic acids is 1. The first-order valence-electron chi connectivity index (χ1n) is 11.7. The molecule has 1 aliphatic carbocycles. The van der Waals surface area contributed by atoms with Gasteiger partial charge in [-0.3, -0.25) is 23.9 Å². The molecule has 2 heterocycles. The molecule has 0 aliphatic heterocycles. The van der Waals surface area contributed by atoms with Crippen molar-refractivity contribution in [2.45, 2.75) is 30.7 Å². The molecule has 0 radical (unpaired) electrons. The van der Waals surface area contributed by atoms with Crippen LogP contribution in [0.3, 0.4) is 0 Å². The molecule has 0 saturated heterocycles. The first kappa shape index (κ1) is 25.8. The summed E-state index contributed by atoms with van der Waals surface area (Å²) < 4.78 is 43.3. The second-order valence-electron chi connectivity index (χ2n) is 9.16. The average Bonchev–Trinajstić information content (AvgIpc) is 2.85. The Labute approximate surface area is 222 Å². The van der Waals surface area contributed by atoms with Crippen molar-refractivity contribution in [2.24, 2.45) is 5.92 Å². The van der Waals surface area contributed by atoms with E-state index in [9.17, 15) is 22.4 Å². The van der Waals surface area contributed by atoms with Crippen LogP contribution >= 0.6 is 11.6 Å².